The molecule has 0 N–H and O–H groups in total. The number of hydrogen-bond acceptors (Lipinski definition) is 2. The zero-order chi connectivity index (χ0) is 37.6. The number of benzene rings is 2. The minimum Gasteiger partial charge on any atom is -0.494 e. The van der Waals surface area contributed by atoms with Crippen molar-refractivity contribution in [2.24, 2.45) is 0 Å². The summed E-state index contributed by atoms with van der Waals surface area (Å²) in [4.78, 5) is 0. The molecule has 2 rings (SSSR count). The lowest BCUT2D eigenvalue weighted by Gasteiger charge is -2.30. The van der Waals surface area contributed by atoms with E-state index in [0.717, 1.165) is 37.6 Å². The maximum atomic E-state index is 6.06. The van der Waals surface area contributed by atoms with E-state index >= 15 is 0 Å². The number of rotatable bonds is 35. The van der Waals surface area contributed by atoms with Crippen LogP contribution in [0.15, 0.2) is 48.5 Å². The molecule has 0 fully saturated rings. The largest absolute Gasteiger partial charge is 0.494 e. The highest BCUT2D eigenvalue weighted by atomic mass is 16.5. The molecule has 0 unspecified atom stereocenters. The average molecular weight is 723 g/mol. The smallest absolute Gasteiger partial charge is 0.119 e. The van der Waals surface area contributed by atoms with E-state index in [4.69, 9.17) is 9.47 Å². The minimum absolute atomic E-state index is 0.814. The highest BCUT2D eigenvalue weighted by molar-refractivity contribution is 5.64. The summed E-state index contributed by atoms with van der Waals surface area (Å²) in [6.45, 7) is 11.6. The first-order valence-electron chi connectivity index (χ1n) is 22.3. The van der Waals surface area contributed by atoms with Crippen LogP contribution in [0.25, 0.3) is 11.1 Å². The van der Waals surface area contributed by atoms with Crippen molar-refractivity contribution < 1.29 is 18.4 Å². The molecule has 0 radical (unpaired) electrons. The molecule has 0 saturated heterocycles. The summed E-state index contributed by atoms with van der Waals surface area (Å²) in [6.07, 6.45) is 32.4. The zero-order valence-electron chi connectivity index (χ0n) is 35.5. The lowest BCUT2D eigenvalue weighted by atomic mass is 10.1. The fourth-order valence-corrected chi connectivity index (χ4v) is 7.43. The Hall–Kier alpha value is -2.04. The van der Waals surface area contributed by atoms with Crippen LogP contribution in [0.2, 0.25) is 0 Å². The van der Waals surface area contributed by atoms with Gasteiger partial charge < -0.3 is 18.4 Å². The maximum Gasteiger partial charge on any atom is 0.119 e. The summed E-state index contributed by atoms with van der Waals surface area (Å²) in [6, 6.07) is 17.1. The number of ether oxygens (including phenoxy) is 2. The van der Waals surface area contributed by atoms with Crippen LogP contribution in [-0.2, 0) is 0 Å². The first kappa shape index (κ1) is 46.1. The summed E-state index contributed by atoms with van der Waals surface area (Å²) in [5.41, 5.74) is 2.44. The zero-order valence-corrected chi connectivity index (χ0v) is 35.5. The fourth-order valence-electron chi connectivity index (χ4n) is 7.43. The van der Waals surface area contributed by atoms with E-state index < -0.39 is 0 Å². The number of quaternary nitrogens is 2. The summed E-state index contributed by atoms with van der Waals surface area (Å²) >= 11 is 0. The van der Waals surface area contributed by atoms with Crippen LogP contribution in [0, 0.1) is 0 Å². The van der Waals surface area contributed by atoms with Crippen molar-refractivity contribution in [3.63, 3.8) is 0 Å². The van der Waals surface area contributed by atoms with Gasteiger partial charge in [-0.2, -0.15) is 0 Å². The lowest BCUT2D eigenvalue weighted by molar-refractivity contribution is -0.890. The fraction of sp³-hybridized carbons (Fsp3) is 0.750. The minimum atomic E-state index is 0.814. The predicted octanol–water partition coefficient (Wildman–Crippen LogP) is 13.7. The number of unbranched alkanes of at least 4 members (excludes halogenated alkanes) is 20. The molecule has 4 heteroatoms. The lowest BCUT2D eigenvalue weighted by Crippen LogP contribution is -2.41. The standard InChI is InChI=1S/C48H86N2O2/c1-7-9-11-25-39-49(3,4)41-27-21-17-13-15-19-23-29-43-51-47-35-31-45(32-36-47)46-33-37-48(38-34-46)52-44-30-24-20-16-14-18-22-28-42-50(5,6)40-26-12-10-8-2/h31-38H,7-30,39-44H2,1-6H3/q+2. The van der Waals surface area contributed by atoms with Gasteiger partial charge in [-0.25, -0.2) is 0 Å². The second kappa shape index (κ2) is 29.3. The van der Waals surface area contributed by atoms with E-state index in [2.05, 4.69) is 90.6 Å². The van der Waals surface area contributed by atoms with Crippen molar-refractivity contribution in [1.29, 1.82) is 0 Å². The Morgan fingerprint density at radius 1 is 0.327 bits per heavy atom. The van der Waals surface area contributed by atoms with Crippen LogP contribution in [0.3, 0.4) is 0 Å². The summed E-state index contributed by atoms with van der Waals surface area (Å²) < 4.78 is 14.5. The van der Waals surface area contributed by atoms with Crippen LogP contribution >= 0.6 is 0 Å². The van der Waals surface area contributed by atoms with E-state index in [-0.39, 0.29) is 0 Å². The van der Waals surface area contributed by atoms with Gasteiger partial charge in [0.1, 0.15) is 11.5 Å². The first-order chi connectivity index (χ1) is 25.2. The molecular weight excluding hydrogens is 637 g/mol. The van der Waals surface area contributed by atoms with Crippen LogP contribution in [0.1, 0.15) is 168 Å². The highest BCUT2D eigenvalue weighted by Gasteiger charge is 2.14. The molecule has 0 aromatic heterocycles. The SMILES string of the molecule is CCCCCC[N+](C)(C)CCCCCCCCCCOc1ccc(-c2ccc(OCCCCCCCCCC[N+](C)(C)CCCCCC)cc2)cc1. The van der Waals surface area contributed by atoms with E-state index in [1.54, 1.807) is 0 Å². The van der Waals surface area contributed by atoms with Gasteiger partial charge in [0.2, 0.25) is 0 Å². The van der Waals surface area contributed by atoms with Gasteiger partial charge in [0.25, 0.3) is 0 Å². The van der Waals surface area contributed by atoms with Crippen molar-refractivity contribution in [2.45, 2.75) is 168 Å². The monoisotopic (exact) mass is 723 g/mol. The van der Waals surface area contributed by atoms with Crippen molar-refractivity contribution in [2.75, 3.05) is 67.6 Å². The Morgan fingerprint density at radius 3 is 0.865 bits per heavy atom. The predicted molar refractivity (Wildman–Crippen MR) is 229 cm³/mol. The molecule has 0 saturated carbocycles. The Morgan fingerprint density at radius 2 is 0.577 bits per heavy atom. The molecule has 298 valence electrons. The van der Waals surface area contributed by atoms with Crippen molar-refractivity contribution >= 4 is 0 Å². The maximum absolute atomic E-state index is 6.06. The van der Waals surface area contributed by atoms with E-state index in [0.29, 0.717) is 0 Å². The molecule has 0 aliphatic rings. The molecule has 0 amide bonds. The Balaban J connectivity index is 1.43. The van der Waals surface area contributed by atoms with Crippen molar-refractivity contribution in [3.05, 3.63) is 48.5 Å². The molecule has 0 aliphatic carbocycles. The molecule has 52 heavy (non-hydrogen) atoms. The molecule has 0 atom stereocenters. The second-order valence-corrected chi connectivity index (χ2v) is 17.3. The van der Waals surface area contributed by atoms with Gasteiger partial charge in [-0.05, 0) is 99.6 Å². The second-order valence-electron chi connectivity index (χ2n) is 17.3. The van der Waals surface area contributed by atoms with Crippen LogP contribution in [0.4, 0.5) is 0 Å². The molecule has 2 aromatic rings. The van der Waals surface area contributed by atoms with E-state index in [1.807, 2.05) is 0 Å². The van der Waals surface area contributed by atoms with Crippen molar-refractivity contribution in [1.82, 2.24) is 0 Å². The van der Waals surface area contributed by atoms with E-state index in [9.17, 15) is 0 Å². The Bertz CT molecular complexity index is 991. The number of nitrogens with zero attached hydrogens (tertiary/aromatic N) is 2. The molecular formula is C48H86N2O2+2. The molecule has 0 heterocycles. The van der Waals surface area contributed by atoms with Gasteiger partial charge in [0.05, 0.1) is 67.6 Å². The Labute approximate surface area is 324 Å². The van der Waals surface area contributed by atoms with Crippen LogP contribution in [0.5, 0.6) is 11.5 Å². The van der Waals surface area contributed by atoms with Crippen LogP contribution in [-0.4, -0.2) is 76.5 Å². The molecule has 0 spiro atoms. The van der Waals surface area contributed by atoms with Gasteiger partial charge in [0.15, 0.2) is 0 Å². The van der Waals surface area contributed by atoms with Gasteiger partial charge >= 0.3 is 0 Å². The normalized spacial score (nSPS) is 12.0. The van der Waals surface area contributed by atoms with Crippen molar-refractivity contribution in [3.8, 4) is 22.6 Å². The molecule has 2 aromatic carbocycles. The summed E-state index contributed by atoms with van der Waals surface area (Å²) in [5.74, 6) is 1.95. The van der Waals surface area contributed by atoms with Gasteiger partial charge in [-0.15, -0.1) is 0 Å². The third-order valence-electron chi connectivity index (χ3n) is 11.1. The topological polar surface area (TPSA) is 18.5 Å². The number of hydrogen-bond donors (Lipinski definition) is 0. The van der Waals surface area contributed by atoms with Gasteiger partial charge in [0, 0.05) is 0 Å². The highest BCUT2D eigenvalue weighted by Crippen LogP contribution is 2.25. The van der Waals surface area contributed by atoms with Gasteiger partial charge in [-0.1, -0.05) is 128 Å². The summed E-state index contributed by atoms with van der Waals surface area (Å²) in [5, 5.41) is 0. The average Bonchev–Trinajstić information content (AvgIpc) is 3.13. The third kappa shape index (κ3) is 24.3. The molecule has 0 aliphatic heterocycles. The molecule has 0 bridgehead atoms. The van der Waals surface area contributed by atoms with E-state index in [1.165, 1.54) is 188 Å². The Kier molecular flexibility index (Phi) is 26.0. The third-order valence-corrected chi connectivity index (χ3v) is 11.1. The van der Waals surface area contributed by atoms with Crippen LogP contribution < -0.4 is 9.47 Å². The molecule has 4 nitrogen and oxygen atoms in total. The summed E-state index contributed by atoms with van der Waals surface area (Å²) in [7, 11) is 9.66. The first-order valence-corrected chi connectivity index (χ1v) is 22.3. The van der Waals surface area contributed by atoms with Gasteiger partial charge in [-0.3, -0.25) is 0 Å². The quantitative estimate of drug-likeness (QED) is 0.0521.